The predicted molar refractivity (Wildman–Crippen MR) is 79.9 cm³/mol. The molecule has 0 heterocycles. The Morgan fingerprint density at radius 2 is 1.71 bits per heavy atom. The molecule has 0 rings (SSSR count). The van der Waals surface area contributed by atoms with E-state index in [9.17, 15) is 14.4 Å². The largest absolute Gasteiger partial charge is 0.481 e. The summed E-state index contributed by atoms with van der Waals surface area (Å²) in [5, 5.41) is 14.0. The highest BCUT2D eigenvalue weighted by Gasteiger charge is 2.19. The van der Waals surface area contributed by atoms with Gasteiger partial charge in [0.2, 0.25) is 5.91 Å². The van der Waals surface area contributed by atoms with Crippen molar-refractivity contribution in [3.05, 3.63) is 0 Å². The molecule has 0 aliphatic heterocycles. The molecule has 0 fully saturated rings. The second-order valence-corrected chi connectivity index (χ2v) is 5.90. The molecule has 122 valence electrons. The van der Waals surface area contributed by atoms with Crippen molar-refractivity contribution in [2.75, 3.05) is 20.6 Å². The standard InChI is InChI=1S/C14H27N3O4/c1-9(2)6-11(7-12(18)19)8-15-14(21)16-10(3)13(20)17(4)5/h9-11H,6-8H2,1-5H3,(H,18,19)(H2,15,16,21). The lowest BCUT2D eigenvalue weighted by atomic mass is 9.94. The molecule has 0 aliphatic rings. The van der Waals surface area contributed by atoms with Crippen LogP contribution in [0, 0.1) is 11.8 Å². The van der Waals surface area contributed by atoms with Crippen molar-refractivity contribution >= 4 is 17.9 Å². The first-order valence-corrected chi connectivity index (χ1v) is 7.10. The summed E-state index contributed by atoms with van der Waals surface area (Å²) in [7, 11) is 3.23. The van der Waals surface area contributed by atoms with Crippen LogP contribution in [-0.2, 0) is 9.59 Å². The number of urea groups is 1. The third-order valence-electron chi connectivity index (χ3n) is 2.98. The number of hydrogen-bond acceptors (Lipinski definition) is 3. The third-order valence-corrected chi connectivity index (χ3v) is 2.98. The van der Waals surface area contributed by atoms with E-state index in [1.54, 1.807) is 21.0 Å². The fourth-order valence-electron chi connectivity index (χ4n) is 2.09. The van der Waals surface area contributed by atoms with Gasteiger partial charge in [0.25, 0.3) is 0 Å². The molecular formula is C14H27N3O4. The van der Waals surface area contributed by atoms with Gasteiger partial charge in [0.15, 0.2) is 0 Å². The van der Waals surface area contributed by atoms with E-state index in [2.05, 4.69) is 10.6 Å². The lowest BCUT2D eigenvalue weighted by molar-refractivity contribution is -0.138. The molecule has 0 radical (unpaired) electrons. The zero-order valence-corrected chi connectivity index (χ0v) is 13.5. The van der Waals surface area contributed by atoms with Gasteiger partial charge in [-0.05, 0) is 25.2 Å². The molecule has 7 nitrogen and oxygen atoms in total. The molecule has 0 aromatic heterocycles. The minimum absolute atomic E-state index is 0.0185. The lowest BCUT2D eigenvalue weighted by Gasteiger charge is -2.20. The Morgan fingerprint density at radius 3 is 2.14 bits per heavy atom. The maximum Gasteiger partial charge on any atom is 0.315 e. The monoisotopic (exact) mass is 301 g/mol. The smallest absolute Gasteiger partial charge is 0.315 e. The summed E-state index contributed by atoms with van der Waals surface area (Å²) in [5.74, 6) is -0.838. The second kappa shape index (κ2) is 9.20. The van der Waals surface area contributed by atoms with Crippen LogP contribution in [0.2, 0.25) is 0 Å². The minimum Gasteiger partial charge on any atom is -0.481 e. The summed E-state index contributed by atoms with van der Waals surface area (Å²) in [4.78, 5) is 35.5. The Balaban J connectivity index is 4.29. The Morgan fingerprint density at radius 1 is 1.14 bits per heavy atom. The van der Waals surface area contributed by atoms with E-state index in [-0.39, 0.29) is 24.8 Å². The molecule has 0 saturated heterocycles. The molecule has 0 saturated carbocycles. The third kappa shape index (κ3) is 8.88. The van der Waals surface area contributed by atoms with Crippen LogP contribution in [-0.4, -0.2) is 54.6 Å². The van der Waals surface area contributed by atoms with Crippen molar-refractivity contribution in [3.8, 4) is 0 Å². The number of carboxylic acid groups (broad SMARTS) is 1. The molecule has 3 N–H and O–H groups in total. The van der Waals surface area contributed by atoms with Crippen molar-refractivity contribution in [2.24, 2.45) is 11.8 Å². The fraction of sp³-hybridized carbons (Fsp3) is 0.786. The van der Waals surface area contributed by atoms with E-state index in [4.69, 9.17) is 5.11 Å². The van der Waals surface area contributed by atoms with Gasteiger partial charge in [-0.2, -0.15) is 0 Å². The van der Waals surface area contributed by atoms with Crippen LogP contribution < -0.4 is 10.6 Å². The number of nitrogens with one attached hydrogen (secondary N) is 2. The number of amides is 3. The average Bonchev–Trinajstić information content (AvgIpc) is 2.33. The highest BCUT2D eigenvalue weighted by Crippen LogP contribution is 2.14. The fourth-order valence-corrected chi connectivity index (χ4v) is 2.09. The van der Waals surface area contributed by atoms with E-state index in [0.29, 0.717) is 5.92 Å². The zero-order chi connectivity index (χ0) is 16.6. The maximum atomic E-state index is 11.7. The number of nitrogens with zero attached hydrogens (tertiary/aromatic N) is 1. The molecule has 0 aromatic rings. The van der Waals surface area contributed by atoms with Gasteiger partial charge in [0, 0.05) is 27.1 Å². The number of carbonyl (C=O) groups is 3. The summed E-state index contributed by atoms with van der Waals surface area (Å²) in [6.45, 7) is 5.89. The molecule has 0 spiro atoms. The van der Waals surface area contributed by atoms with Crippen molar-refractivity contribution in [3.63, 3.8) is 0 Å². The highest BCUT2D eigenvalue weighted by molar-refractivity contribution is 5.86. The van der Waals surface area contributed by atoms with Gasteiger partial charge in [-0.15, -0.1) is 0 Å². The average molecular weight is 301 g/mol. The molecule has 2 unspecified atom stereocenters. The van der Waals surface area contributed by atoms with Gasteiger partial charge in [0.1, 0.15) is 6.04 Å². The van der Waals surface area contributed by atoms with Crippen molar-refractivity contribution in [1.82, 2.24) is 15.5 Å². The summed E-state index contributed by atoms with van der Waals surface area (Å²) in [5.41, 5.74) is 0. The van der Waals surface area contributed by atoms with Crippen LogP contribution in [0.25, 0.3) is 0 Å². The quantitative estimate of drug-likeness (QED) is 0.620. The first kappa shape index (κ1) is 19.2. The van der Waals surface area contributed by atoms with Crippen LogP contribution in [0.5, 0.6) is 0 Å². The number of likely N-dealkylation sites (N-methyl/N-ethyl adjacent to an activating group) is 1. The summed E-state index contributed by atoms with van der Waals surface area (Å²) < 4.78 is 0. The molecule has 0 aliphatic carbocycles. The Bertz CT molecular complexity index is 369. The van der Waals surface area contributed by atoms with Gasteiger partial charge >= 0.3 is 12.0 Å². The number of rotatable bonds is 8. The maximum absolute atomic E-state index is 11.7. The normalized spacial score (nSPS) is 13.4. The summed E-state index contributed by atoms with van der Waals surface area (Å²) in [6.07, 6.45) is 0.739. The van der Waals surface area contributed by atoms with E-state index in [1.165, 1.54) is 4.90 Å². The minimum atomic E-state index is -0.876. The first-order chi connectivity index (χ1) is 9.63. The molecule has 7 heteroatoms. The molecular weight excluding hydrogens is 274 g/mol. The van der Waals surface area contributed by atoms with E-state index in [0.717, 1.165) is 6.42 Å². The van der Waals surface area contributed by atoms with Gasteiger partial charge in [-0.1, -0.05) is 13.8 Å². The number of carbonyl (C=O) groups excluding carboxylic acids is 2. The van der Waals surface area contributed by atoms with Crippen LogP contribution in [0.4, 0.5) is 4.79 Å². The number of carboxylic acids is 1. The second-order valence-electron chi connectivity index (χ2n) is 5.90. The molecule has 3 amide bonds. The van der Waals surface area contributed by atoms with E-state index >= 15 is 0 Å². The van der Waals surface area contributed by atoms with Crippen LogP contribution in [0.15, 0.2) is 0 Å². The highest BCUT2D eigenvalue weighted by atomic mass is 16.4. The predicted octanol–water partition coefficient (Wildman–Crippen LogP) is 0.899. The van der Waals surface area contributed by atoms with Gasteiger partial charge < -0.3 is 20.6 Å². The lowest BCUT2D eigenvalue weighted by Crippen LogP contribution is -2.48. The zero-order valence-electron chi connectivity index (χ0n) is 13.5. The van der Waals surface area contributed by atoms with Gasteiger partial charge in [0.05, 0.1) is 0 Å². The molecule has 21 heavy (non-hydrogen) atoms. The Labute approximate surface area is 126 Å². The van der Waals surface area contributed by atoms with Crippen LogP contribution >= 0.6 is 0 Å². The summed E-state index contributed by atoms with van der Waals surface area (Å²) in [6, 6.07) is -1.08. The Hall–Kier alpha value is -1.79. The van der Waals surface area contributed by atoms with Crippen molar-refractivity contribution in [2.45, 2.75) is 39.7 Å². The Kier molecular flexibility index (Phi) is 8.42. The number of aliphatic carboxylic acids is 1. The van der Waals surface area contributed by atoms with Crippen LogP contribution in [0.1, 0.15) is 33.6 Å². The summed E-state index contributed by atoms with van der Waals surface area (Å²) >= 11 is 0. The van der Waals surface area contributed by atoms with Crippen molar-refractivity contribution in [1.29, 1.82) is 0 Å². The number of hydrogen-bond donors (Lipinski definition) is 3. The topological polar surface area (TPSA) is 98.7 Å². The van der Waals surface area contributed by atoms with Gasteiger partial charge in [-0.3, -0.25) is 9.59 Å². The molecule has 2 atom stereocenters. The van der Waals surface area contributed by atoms with Crippen LogP contribution in [0.3, 0.4) is 0 Å². The van der Waals surface area contributed by atoms with E-state index < -0.39 is 18.0 Å². The molecule has 0 bridgehead atoms. The van der Waals surface area contributed by atoms with Crippen molar-refractivity contribution < 1.29 is 19.5 Å². The van der Waals surface area contributed by atoms with Gasteiger partial charge in [-0.25, -0.2) is 4.79 Å². The molecule has 0 aromatic carbocycles. The van der Waals surface area contributed by atoms with E-state index in [1.807, 2.05) is 13.8 Å². The SMILES string of the molecule is CC(C)CC(CNC(=O)NC(C)C(=O)N(C)C)CC(=O)O. The first-order valence-electron chi connectivity index (χ1n) is 7.10.